The molecule has 1 saturated carbocycles. The highest BCUT2D eigenvalue weighted by molar-refractivity contribution is 5.80. The topological polar surface area (TPSA) is 52.6 Å². The van der Waals surface area contributed by atoms with Gasteiger partial charge in [0.15, 0.2) is 0 Å². The monoisotopic (exact) mass is 420 g/mol. The minimum Gasteiger partial charge on any atom is -0.462 e. The molecule has 0 aliphatic heterocycles. The zero-order valence-corrected chi connectivity index (χ0v) is 19.3. The maximum Gasteiger partial charge on any atom is 0.309 e. The predicted molar refractivity (Wildman–Crippen MR) is 116 cm³/mol. The summed E-state index contributed by atoms with van der Waals surface area (Å²) in [6, 6.07) is 4.86. The zero-order valence-electron chi connectivity index (χ0n) is 19.3. The van der Waals surface area contributed by atoms with Crippen LogP contribution in [0.15, 0.2) is 18.2 Å². The van der Waals surface area contributed by atoms with Crippen LogP contribution in [0, 0.1) is 24.6 Å². The maximum atomic E-state index is 13.7. The highest BCUT2D eigenvalue weighted by atomic mass is 19.1. The van der Waals surface area contributed by atoms with Crippen molar-refractivity contribution in [2.45, 2.75) is 97.7 Å². The highest BCUT2D eigenvalue weighted by Gasteiger charge is 2.34. The van der Waals surface area contributed by atoms with Crippen LogP contribution in [0.25, 0.3) is 0 Å². The Morgan fingerprint density at radius 2 is 1.77 bits per heavy atom. The summed E-state index contributed by atoms with van der Waals surface area (Å²) in [6.45, 7) is 10.9. The molecule has 2 rings (SSSR count). The fourth-order valence-corrected chi connectivity index (χ4v) is 4.49. The molecular weight excluding hydrogens is 383 g/mol. The molecule has 1 fully saturated rings. The van der Waals surface area contributed by atoms with Gasteiger partial charge >= 0.3 is 11.9 Å². The predicted octanol–water partition coefficient (Wildman–Crippen LogP) is 6.10. The van der Waals surface area contributed by atoms with Crippen molar-refractivity contribution in [3.8, 4) is 0 Å². The summed E-state index contributed by atoms with van der Waals surface area (Å²) in [5.41, 5.74) is 1.35. The average Bonchev–Trinajstić information content (AvgIpc) is 2.63. The van der Waals surface area contributed by atoms with Crippen molar-refractivity contribution in [1.29, 1.82) is 0 Å². The van der Waals surface area contributed by atoms with Crippen molar-refractivity contribution in [1.82, 2.24) is 0 Å². The second kappa shape index (κ2) is 10.4. The second-order valence-corrected chi connectivity index (χ2v) is 9.76. The lowest BCUT2D eigenvalue weighted by Gasteiger charge is -2.35. The van der Waals surface area contributed by atoms with Crippen LogP contribution in [0.2, 0.25) is 0 Å². The van der Waals surface area contributed by atoms with Crippen molar-refractivity contribution >= 4 is 11.9 Å². The molecule has 5 heteroatoms. The Morgan fingerprint density at radius 1 is 1.13 bits per heavy atom. The molecule has 4 nitrogen and oxygen atoms in total. The van der Waals surface area contributed by atoms with Crippen molar-refractivity contribution in [2.75, 3.05) is 0 Å². The normalized spacial score (nSPS) is 18.4. The van der Waals surface area contributed by atoms with Crippen LogP contribution < -0.4 is 0 Å². The number of rotatable bonds is 7. The number of hydrogen-bond donors (Lipinski definition) is 0. The lowest BCUT2D eigenvalue weighted by Crippen LogP contribution is -2.33. The number of aryl methyl sites for hydroxylation is 1. The highest BCUT2D eigenvalue weighted by Crippen LogP contribution is 2.40. The molecule has 30 heavy (non-hydrogen) atoms. The van der Waals surface area contributed by atoms with Crippen LogP contribution in [0.1, 0.15) is 90.2 Å². The minimum absolute atomic E-state index is 0.00745. The summed E-state index contributed by atoms with van der Waals surface area (Å²) in [4.78, 5) is 24.8. The summed E-state index contributed by atoms with van der Waals surface area (Å²) in [7, 11) is 0. The van der Waals surface area contributed by atoms with E-state index in [1.807, 2.05) is 19.9 Å². The van der Waals surface area contributed by atoms with Crippen molar-refractivity contribution in [3.63, 3.8) is 0 Å². The number of carbonyl (C=O) groups excluding carboxylic acids is 2. The number of hydrogen-bond acceptors (Lipinski definition) is 4. The lowest BCUT2D eigenvalue weighted by atomic mass is 9.73. The number of carbonyl (C=O) groups is 2. The molecule has 168 valence electrons. The third-order valence-corrected chi connectivity index (χ3v) is 5.85. The Bertz CT molecular complexity index is 731. The molecule has 1 aliphatic rings. The van der Waals surface area contributed by atoms with E-state index in [-0.39, 0.29) is 24.3 Å². The Kier molecular flexibility index (Phi) is 8.45. The Hall–Kier alpha value is -1.91. The summed E-state index contributed by atoms with van der Waals surface area (Å²) in [5, 5.41) is 0. The molecule has 0 aromatic heterocycles. The Morgan fingerprint density at radius 3 is 2.33 bits per heavy atom. The number of ether oxygens (including phenoxy) is 2. The van der Waals surface area contributed by atoms with E-state index in [0.717, 1.165) is 36.8 Å². The van der Waals surface area contributed by atoms with Gasteiger partial charge in [0.05, 0.1) is 12.3 Å². The number of halogens is 1. The van der Waals surface area contributed by atoms with Gasteiger partial charge in [-0.05, 0) is 76.6 Å². The van der Waals surface area contributed by atoms with Gasteiger partial charge in [0.2, 0.25) is 0 Å². The molecule has 0 bridgehead atoms. The van der Waals surface area contributed by atoms with E-state index in [4.69, 9.17) is 9.47 Å². The van der Waals surface area contributed by atoms with Gasteiger partial charge in [-0.1, -0.05) is 32.3 Å². The third kappa shape index (κ3) is 7.10. The smallest absolute Gasteiger partial charge is 0.309 e. The van der Waals surface area contributed by atoms with E-state index >= 15 is 0 Å². The van der Waals surface area contributed by atoms with Crippen LogP contribution in [0.3, 0.4) is 0 Å². The van der Waals surface area contributed by atoms with Gasteiger partial charge in [0.1, 0.15) is 17.5 Å². The molecular formula is C25H37FO4. The molecule has 0 spiro atoms. The first kappa shape index (κ1) is 24.4. The van der Waals surface area contributed by atoms with E-state index in [0.29, 0.717) is 5.92 Å². The van der Waals surface area contributed by atoms with Gasteiger partial charge in [-0.25, -0.2) is 4.39 Å². The Balaban J connectivity index is 2.12. The lowest BCUT2D eigenvalue weighted by molar-refractivity contribution is -0.163. The molecule has 0 unspecified atom stereocenters. The molecule has 0 N–H and O–H groups in total. The summed E-state index contributed by atoms with van der Waals surface area (Å²) in [5.74, 6) is -1.22. The van der Waals surface area contributed by atoms with Crippen LogP contribution in [0.5, 0.6) is 0 Å². The molecule has 3 atom stereocenters. The summed E-state index contributed by atoms with van der Waals surface area (Å²) in [6.07, 6.45) is 5.35. The van der Waals surface area contributed by atoms with Crippen LogP contribution in [0.4, 0.5) is 4.39 Å². The van der Waals surface area contributed by atoms with Gasteiger partial charge in [-0.15, -0.1) is 0 Å². The zero-order chi connectivity index (χ0) is 22.5. The quantitative estimate of drug-likeness (QED) is 0.500. The molecule has 0 heterocycles. The van der Waals surface area contributed by atoms with Gasteiger partial charge in [-0.3, -0.25) is 9.59 Å². The SMILES string of the molecule is Cc1cc(F)ccc1[C@H](C1CCCCC1)[C@@H](C)OC(=O)[C@H](C)CC(=O)OC(C)(C)C. The standard InChI is InChI=1S/C25H37FO4/c1-16-14-20(26)12-13-21(16)23(19-10-8-7-9-11-19)18(3)29-24(28)17(2)15-22(27)30-25(4,5)6/h12-14,17-19,23H,7-11,15H2,1-6H3/t17-,18-,23+/m1/s1. The number of esters is 2. The van der Waals surface area contributed by atoms with E-state index in [2.05, 4.69) is 0 Å². The minimum atomic E-state index is -0.583. The van der Waals surface area contributed by atoms with E-state index < -0.39 is 23.5 Å². The van der Waals surface area contributed by atoms with Gasteiger partial charge in [0.25, 0.3) is 0 Å². The van der Waals surface area contributed by atoms with E-state index in [1.165, 1.54) is 12.5 Å². The first-order chi connectivity index (χ1) is 14.0. The molecule has 1 aliphatic carbocycles. The largest absolute Gasteiger partial charge is 0.462 e. The van der Waals surface area contributed by atoms with Gasteiger partial charge in [-0.2, -0.15) is 0 Å². The average molecular weight is 421 g/mol. The van der Waals surface area contributed by atoms with E-state index in [1.54, 1.807) is 33.8 Å². The van der Waals surface area contributed by atoms with Crippen LogP contribution in [-0.2, 0) is 19.1 Å². The fourth-order valence-electron chi connectivity index (χ4n) is 4.49. The summed E-state index contributed by atoms with van der Waals surface area (Å²) < 4.78 is 24.9. The molecule has 1 aromatic rings. The first-order valence-corrected chi connectivity index (χ1v) is 11.2. The molecule has 1 aromatic carbocycles. The maximum absolute atomic E-state index is 13.7. The van der Waals surface area contributed by atoms with Crippen molar-refractivity contribution < 1.29 is 23.5 Å². The first-order valence-electron chi connectivity index (χ1n) is 11.2. The van der Waals surface area contributed by atoms with Crippen molar-refractivity contribution in [3.05, 3.63) is 35.1 Å². The number of benzene rings is 1. The van der Waals surface area contributed by atoms with Gasteiger partial charge in [0, 0.05) is 5.92 Å². The van der Waals surface area contributed by atoms with Crippen molar-refractivity contribution in [2.24, 2.45) is 11.8 Å². The van der Waals surface area contributed by atoms with Gasteiger partial charge < -0.3 is 9.47 Å². The van der Waals surface area contributed by atoms with Crippen LogP contribution in [-0.4, -0.2) is 23.6 Å². The molecule has 0 radical (unpaired) electrons. The molecule has 0 amide bonds. The second-order valence-electron chi connectivity index (χ2n) is 9.76. The van der Waals surface area contributed by atoms with Crippen LogP contribution >= 0.6 is 0 Å². The summed E-state index contributed by atoms with van der Waals surface area (Å²) >= 11 is 0. The third-order valence-electron chi connectivity index (χ3n) is 5.85. The molecule has 0 saturated heterocycles. The van der Waals surface area contributed by atoms with E-state index in [9.17, 15) is 14.0 Å². The Labute approximate surface area is 180 Å². The fraction of sp³-hybridized carbons (Fsp3) is 0.680.